The summed E-state index contributed by atoms with van der Waals surface area (Å²) >= 11 is 5.83. The molecule has 1 fully saturated rings. The van der Waals surface area contributed by atoms with Gasteiger partial charge in [0.1, 0.15) is 16.8 Å². The summed E-state index contributed by atoms with van der Waals surface area (Å²) in [4.78, 5) is 20.0. The molecule has 1 aliphatic carbocycles. The minimum atomic E-state index is -0.416. The van der Waals surface area contributed by atoms with E-state index in [4.69, 9.17) is 11.6 Å². The van der Waals surface area contributed by atoms with Crippen LogP contribution in [0.1, 0.15) is 30.1 Å². The molecule has 0 aliphatic heterocycles. The van der Waals surface area contributed by atoms with Crippen molar-refractivity contribution in [3.05, 3.63) is 57.2 Å². The van der Waals surface area contributed by atoms with Crippen LogP contribution < -0.4 is 5.56 Å². The Bertz CT molecular complexity index is 682. The van der Waals surface area contributed by atoms with Crippen LogP contribution in [-0.2, 0) is 6.54 Å². The summed E-state index contributed by atoms with van der Waals surface area (Å²) in [5, 5.41) is 0.209. The van der Waals surface area contributed by atoms with Gasteiger partial charge in [0.2, 0.25) is 0 Å². The van der Waals surface area contributed by atoms with E-state index >= 15 is 0 Å². The zero-order valence-electron chi connectivity index (χ0n) is 10.0. The molecular weight excluding hydrogens is 269 g/mol. The predicted octanol–water partition coefficient (Wildman–Crippen LogP) is 2.36. The topological polar surface area (TPSA) is 47.8 Å². The highest BCUT2D eigenvalue weighted by atomic mass is 35.5. The Kier molecular flexibility index (Phi) is 3.06. The molecule has 2 aromatic rings. The van der Waals surface area contributed by atoms with E-state index in [0.717, 1.165) is 19.0 Å². The number of hydrogen-bond acceptors (Lipinski definition) is 3. The zero-order valence-corrected chi connectivity index (χ0v) is 10.8. The van der Waals surface area contributed by atoms with E-state index in [1.807, 2.05) is 0 Å². The van der Waals surface area contributed by atoms with Crippen LogP contribution >= 0.6 is 11.6 Å². The van der Waals surface area contributed by atoms with Crippen LogP contribution in [0.3, 0.4) is 0 Å². The van der Waals surface area contributed by atoms with Gasteiger partial charge in [-0.2, -0.15) is 0 Å². The van der Waals surface area contributed by atoms with Crippen molar-refractivity contribution in [2.24, 2.45) is 0 Å². The van der Waals surface area contributed by atoms with Crippen molar-refractivity contribution in [3.63, 3.8) is 0 Å². The van der Waals surface area contributed by atoms with E-state index in [-0.39, 0.29) is 23.2 Å². The fourth-order valence-corrected chi connectivity index (χ4v) is 2.21. The zero-order chi connectivity index (χ0) is 13.4. The quantitative estimate of drug-likeness (QED) is 0.811. The molecule has 6 heteroatoms. The smallest absolute Gasteiger partial charge is 0.255 e. The first-order valence-electron chi connectivity index (χ1n) is 6.00. The first kappa shape index (κ1) is 12.3. The van der Waals surface area contributed by atoms with Crippen LogP contribution in [0.2, 0.25) is 5.15 Å². The lowest BCUT2D eigenvalue weighted by atomic mass is 10.2. The molecule has 3 rings (SSSR count). The Balaban J connectivity index is 2.02. The monoisotopic (exact) mass is 279 g/mol. The second-order valence-corrected chi connectivity index (χ2v) is 5.03. The highest BCUT2D eigenvalue weighted by Gasteiger charge is 2.29. The number of aromatic nitrogens is 3. The highest BCUT2D eigenvalue weighted by molar-refractivity contribution is 6.29. The molecule has 98 valence electrons. The Morgan fingerprint density at radius 1 is 1.37 bits per heavy atom. The molecule has 0 N–H and O–H groups in total. The SMILES string of the molecule is O=c1cc(Cl)nc(C2CC2)n1Cc1cncc(F)c1. The number of rotatable bonds is 3. The van der Waals surface area contributed by atoms with Gasteiger partial charge in [-0.15, -0.1) is 0 Å². The van der Waals surface area contributed by atoms with Gasteiger partial charge in [0, 0.05) is 18.2 Å². The van der Waals surface area contributed by atoms with E-state index in [9.17, 15) is 9.18 Å². The molecule has 19 heavy (non-hydrogen) atoms. The third-order valence-corrected chi connectivity index (χ3v) is 3.24. The Morgan fingerprint density at radius 3 is 2.84 bits per heavy atom. The molecule has 0 saturated heterocycles. The van der Waals surface area contributed by atoms with Crippen LogP contribution in [0, 0.1) is 5.82 Å². The highest BCUT2D eigenvalue weighted by Crippen LogP contribution is 2.38. The van der Waals surface area contributed by atoms with Gasteiger partial charge >= 0.3 is 0 Å². The average molecular weight is 280 g/mol. The van der Waals surface area contributed by atoms with Crippen LogP contribution in [0.15, 0.2) is 29.3 Å². The largest absolute Gasteiger partial charge is 0.292 e. The van der Waals surface area contributed by atoms with Gasteiger partial charge < -0.3 is 0 Å². The second kappa shape index (κ2) is 4.74. The third-order valence-electron chi connectivity index (χ3n) is 3.05. The maximum Gasteiger partial charge on any atom is 0.255 e. The van der Waals surface area contributed by atoms with Crippen molar-refractivity contribution >= 4 is 11.6 Å². The van der Waals surface area contributed by atoms with Crippen molar-refractivity contribution in [1.82, 2.24) is 14.5 Å². The molecule has 0 bridgehead atoms. The van der Waals surface area contributed by atoms with Crippen LogP contribution in [-0.4, -0.2) is 14.5 Å². The predicted molar refractivity (Wildman–Crippen MR) is 68.8 cm³/mol. The molecule has 0 aromatic carbocycles. The summed E-state index contributed by atoms with van der Waals surface area (Å²) < 4.78 is 14.7. The molecule has 2 aromatic heterocycles. The van der Waals surface area contributed by atoms with Gasteiger partial charge in [0.25, 0.3) is 5.56 Å². The lowest BCUT2D eigenvalue weighted by Crippen LogP contribution is -2.24. The van der Waals surface area contributed by atoms with Gasteiger partial charge in [-0.25, -0.2) is 9.37 Å². The second-order valence-electron chi connectivity index (χ2n) is 4.65. The molecule has 0 radical (unpaired) electrons. The van der Waals surface area contributed by atoms with Crippen LogP contribution in [0.4, 0.5) is 4.39 Å². The van der Waals surface area contributed by atoms with Crippen LogP contribution in [0.5, 0.6) is 0 Å². The molecule has 0 amide bonds. The molecule has 0 atom stereocenters. The molecule has 0 spiro atoms. The lowest BCUT2D eigenvalue weighted by Gasteiger charge is -2.11. The summed E-state index contributed by atoms with van der Waals surface area (Å²) in [5.41, 5.74) is 0.416. The maximum atomic E-state index is 13.1. The maximum absolute atomic E-state index is 13.1. The van der Waals surface area contributed by atoms with Gasteiger partial charge in [-0.1, -0.05) is 11.6 Å². The fourth-order valence-electron chi connectivity index (χ4n) is 2.03. The molecule has 2 heterocycles. The standard InChI is InChI=1S/C13H11ClFN3O/c14-11-4-12(19)18(13(17-11)9-1-2-9)7-8-3-10(15)6-16-5-8/h3-6,9H,1-2,7H2. The molecule has 0 unspecified atom stereocenters. The van der Waals surface area contributed by atoms with Gasteiger partial charge in [0.05, 0.1) is 12.7 Å². The van der Waals surface area contributed by atoms with Gasteiger partial charge in [-0.3, -0.25) is 14.3 Å². The summed E-state index contributed by atoms with van der Waals surface area (Å²) in [6.07, 6.45) is 4.69. The minimum Gasteiger partial charge on any atom is -0.292 e. The first-order valence-corrected chi connectivity index (χ1v) is 6.38. The van der Waals surface area contributed by atoms with Crippen molar-refractivity contribution in [1.29, 1.82) is 0 Å². The van der Waals surface area contributed by atoms with E-state index in [1.54, 1.807) is 10.8 Å². The van der Waals surface area contributed by atoms with Crippen molar-refractivity contribution < 1.29 is 4.39 Å². The Labute approximate surface area is 113 Å². The van der Waals surface area contributed by atoms with Gasteiger partial charge in [0.15, 0.2) is 0 Å². The average Bonchev–Trinajstić information content (AvgIpc) is 3.16. The molecular formula is C13H11ClFN3O. The third kappa shape index (κ3) is 2.66. The van der Waals surface area contributed by atoms with E-state index < -0.39 is 5.82 Å². The normalized spacial score (nSPS) is 14.6. The molecule has 1 aliphatic rings. The van der Waals surface area contributed by atoms with E-state index in [2.05, 4.69) is 9.97 Å². The lowest BCUT2D eigenvalue weighted by molar-refractivity contribution is 0.611. The summed E-state index contributed by atoms with van der Waals surface area (Å²) in [7, 11) is 0. The molecule has 1 saturated carbocycles. The van der Waals surface area contributed by atoms with Gasteiger partial charge in [-0.05, 0) is 24.5 Å². The first-order chi connectivity index (χ1) is 9.13. The van der Waals surface area contributed by atoms with E-state index in [1.165, 1.54) is 12.1 Å². The Hall–Kier alpha value is -1.75. The van der Waals surface area contributed by atoms with Crippen molar-refractivity contribution in [3.8, 4) is 0 Å². The number of nitrogens with zero attached hydrogens (tertiary/aromatic N) is 3. The van der Waals surface area contributed by atoms with E-state index in [0.29, 0.717) is 11.4 Å². The molecule has 4 nitrogen and oxygen atoms in total. The summed E-state index contributed by atoms with van der Waals surface area (Å²) in [5.74, 6) is 0.551. The Morgan fingerprint density at radius 2 is 2.16 bits per heavy atom. The van der Waals surface area contributed by atoms with Crippen molar-refractivity contribution in [2.75, 3.05) is 0 Å². The number of halogens is 2. The minimum absolute atomic E-state index is 0.209. The van der Waals surface area contributed by atoms with Crippen molar-refractivity contribution in [2.45, 2.75) is 25.3 Å². The number of pyridine rings is 1. The fraction of sp³-hybridized carbons (Fsp3) is 0.308. The summed E-state index contributed by atoms with van der Waals surface area (Å²) in [6.45, 7) is 0.263. The summed E-state index contributed by atoms with van der Waals surface area (Å²) in [6, 6.07) is 2.64. The van der Waals surface area contributed by atoms with Crippen LogP contribution in [0.25, 0.3) is 0 Å². The number of hydrogen-bond donors (Lipinski definition) is 0.